The highest BCUT2D eigenvalue weighted by atomic mass is 32.2. The van der Waals surface area contributed by atoms with Crippen molar-refractivity contribution in [3.8, 4) is 10.4 Å². The summed E-state index contributed by atoms with van der Waals surface area (Å²) in [4.78, 5) is 18.6. The Balaban J connectivity index is 1.54. The first-order chi connectivity index (χ1) is 14.4. The molecule has 8 heteroatoms. The van der Waals surface area contributed by atoms with E-state index in [2.05, 4.69) is 10.3 Å². The van der Waals surface area contributed by atoms with Crippen LogP contribution in [0.4, 0.5) is 5.13 Å². The van der Waals surface area contributed by atoms with E-state index in [9.17, 15) is 13.2 Å². The van der Waals surface area contributed by atoms with Gasteiger partial charge in [0.05, 0.1) is 15.5 Å². The molecule has 1 aliphatic heterocycles. The number of nitrogens with zero attached hydrogens (tertiary/aromatic N) is 2. The molecule has 0 spiro atoms. The van der Waals surface area contributed by atoms with Crippen LogP contribution in [0.1, 0.15) is 24.1 Å². The number of carbonyl (C=O) groups excluding carboxylic acids is 1. The number of nitrogens with one attached hydrogen (secondary N) is 1. The maximum atomic E-state index is 13.1. The first kappa shape index (κ1) is 20.7. The van der Waals surface area contributed by atoms with Gasteiger partial charge in [0, 0.05) is 6.54 Å². The molecular weight excluding hydrogens is 418 g/mol. The number of hydrogen-bond donors (Lipinski definition) is 1. The topological polar surface area (TPSA) is 79.4 Å². The molecule has 1 amide bonds. The van der Waals surface area contributed by atoms with Crippen molar-refractivity contribution in [1.82, 2.24) is 9.29 Å². The van der Waals surface area contributed by atoms with Crippen molar-refractivity contribution in [2.24, 2.45) is 0 Å². The van der Waals surface area contributed by atoms with Crippen LogP contribution in [0.15, 0.2) is 59.5 Å². The molecule has 0 unspecified atom stereocenters. The van der Waals surface area contributed by atoms with Crippen LogP contribution in [0.2, 0.25) is 0 Å². The van der Waals surface area contributed by atoms with Crippen LogP contribution in [-0.4, -0.2) is 36.2 Å². The average molecular weight is 442 g/mol. The zero-order chi connectivity index (χ0) is 21.3. The number of amides is 1. The van der Waals surface area contributed by atoms with Crippen molar-refractivity contribution in [1.29, 1.82) is 0 Å². The smallest absolute Gasteiger partial charge is 0.244 e. The summed E-state index contributed by atoms with van der Waals surface area (Å²) < 4.78 is 27.5. The number of benzene rings is 2. The highest BCUT2D eigenvalue weighted by molar-refractivity contribution is 7.89. The fourth-order valence-corrected chi connectivity index (χ4v) is 6.26. The molecule has 3 aromatic rings. The van der Waals surface area contributed by atoms with Gasteiger partial charge in [-0.15, -0.1) is 0 Å². The summed E-state index contributed by atoms with van der Waals surface area (Å²) in [7, 11) is -3.73. The van der Waals surface area contributed by atoms with Crippen molar-refractivity contribution in [3.05, 3.63) is 65.9 Å². The summed E-state index contributed by atoms with van der Waals surface area (Å²) in [5, 5.41) is 3.32. The highest BCUT2D eigenvalue weighted by Crippen LogP contribution is 2.33. The molecule has 4 rings (SSSR count). The maximum absolute atomic E-state index is 13.1. The first-order valence-corrected chi connectivity index (χ1v) is 12.0. The molecule has 0 aliphatic carbocycles. The lowest BCUT2D eigenvalue weighted by Gasteiger charge is -2.23. The van der Waals surface area contributed by atoms with E-state index in [0.29, 0.717) is 24.5 Å². The third-order valence-corrected chi connectivity index (χ3v) is 8.24. The Hall–Kier alpha value is -2.55. The average Bonchev–Trinajstić information content (AvgIpc) is 3.36. The SMILES string of the molecule is Cc1ccc(S(=O)(=O)N2CCC[C@H]2C(=O)Nc2nc(C)c(-c3ccccc3)s2)cc1. The van der Waals surface area contributed by atoms with Gasteiger partial charge in [-0.2, -0.15) is 4.31 Å². The monoisotopic (exact) mass is 441 g/mol. The summed E-state index contributed by atoms with van der Waals surface area (Å²) in [6.07, 6.45) is 1.14. The molecule has 1 aromatic heterocycles. The predicted octanol–water partition coefficient (Wildman–Crippen LogP) is 4.22. The predicted molar refractivity (Wildman–Crippen MR) is 119 cm³/mol. The van der Waals surface area contributed by atoms with Crippen LogP contribution in [-0.2, 0) is 14.8 Å². The van der Waals surface area contributed by atoms with Crippen LogP contribution < -0.4 is 5.32 Å². The molecular formula is C22H23N3O3S2. The molecule has 1 saturated heterocycles. The van der Waals surface area contributed by atoms with Crippen molar-refractivity contribution in [2.45, 2.75) is 37.6 Å². The third-order valence-electron chi connectivity index (χ3n) is 5.20. The molecule has 2 heterocycles. The standard InChI is InChI=1S/C22H23N3O3S2/c1-15-10-12-18(13-11-15)30(27,28)25-14-6-9-19(25)21(26)24-22-23-16(2)20(29-22)17-7-4-3-5-8-17/h3-5,7-8,10-13,19H,6,9,14H2,1-2H3,(H,23,24,26)/t19-/m0/s1. The molecule has 0 bridgehead atoms. The van der Waals surface area contributed by atoms with E-state index in [-0.39, 0.29) is 10.8 Å². The van der Waals surface area contributed by atoms with Crippen LogP contribution in [0.5, 0.6) is 0 Å². The summed E-state index contributed by atoms with van der Waals surface area (Å²) in [6, 6.07) is 15.8. The van der Waals surface area contributed by atoms with E-state index in [0.717, 1.165) is 21.7 Å². The van der Waals surface area contributed by atoms with Gasteiger partial charge in [0.1, 0.15) is 6.04 Å². The minimum absolute atomic E-state index is 0.212. The van der Waals surface area contributed by atoms with Crippen LogP contribution in [0.3, 0.4) is 0 Å². The lowest BCUT2D eigenvalue weighted by atomic mass is 10.2. The fraction of sp³-hybridized carbons (Fsp3) is 0.273. The highest BCUT2D eigenvalue weighted by Gasteiger charge is 2.39. The number of aryl methyl sites for hydroxylation is 2. The van der Waals surface area contributed by atoms with Gasteiger partial charge < -0.3 is 5.32 Å². The van der Waals surface area contributed by atoms with Gasteiger partial charge in [0.2, 0.25) is 15.9 Å². The van der Waals surface area contributed by atoms with Crippen molar-refractivity contribution in [2.75, 3.05) is 11.9 Å². The van der Waals surface area contributed by atoms with Gasteiger partial charge in [0.25, 0.3) is 0 Å². The van der Waals surface area contributed by atoms with E-state index in [1.54, 1.807) is 24.3 Å². The van der Waals surface area contributed by atoms with E-state index >= 15 is 0 Å². The molecule has 1 atom stereocenters. The normalized spacial score (nSPS) is 17.2. The Morgan fingerprint density at radius 3 is 2.50 bits per heavy atom. The second-order valence-corrected chi connectivity index (χ2v) is 10.3. The van der Waals surface area contributed by atoms with Crippen molar-refractivity contribution in [3.63, 3.8) is 0 Å². The second kappa shape index (κ2) is 8.29. The molecule has 6 nitrogen and oxygen atoms in total. The Labute approximate surface area is 180 Å². The summed E-state index contributed by atoms with van der Waals surface area (Å²) >= 11 is 1.40. The van der Waals surface area contributed by atoms with Gasteiger partial charge in [-0.25, -0.2) is 13.4 Å². The summed E-state index contributed by atoms with van der Waals surface area (Å²) in [6.45, 7) is 4.14. The van der Waals surface area contributed by atoms with E-state index < -0.39 is 16.1 Å². The van der Waals surface area contributed by atoms with Crippen LogP contribution in [0.25, 0.3) is 10.4 Å². The van der Waals surface area contributed by atoms with Gasteiger partial charge in [-0.05, 0) is 44.4 Å². The molecule has 1 N–H and O–H groups in total. The zero-order valence-electron chi connectivity index (χ0n) is 16.8. The summed E-state index contributed by atoms with van der Waals surface area (Å²) in [5.74, 6) is -0.337. The number of hydrogen-bond acceptors (Lipinski definition) is 5. The molecule has 1 fully saturated rings. The van der Waals surface area contributed by atoms with Crippen LogP contribution >= 0.6 is 11.3 Å². The minimum Gasteiger partial charge on any atom is -0.301 e. The Morgan fingerprint density at radius 1 is 1.10 bits per heavy atom. The number of sulfonamides is 1. The number of anilines is 1. The van der Waals surface area contributed by atoms with E-state index in [4.69, 9.17) is 0 Å². The van der Waals surface area contributed by atoms with Gasteiger partial charge in [-0.3, -0.25) is 4.79 Å². The summed E-state index contributed by atoms with van der Waals surface area (Å²) in [5.41, 5.74) is 2.85. The molecule has 0 radical (unpaired) electrons. The number of thiazole rings is 1. The minimum atomic E-state index is -3.73. The Morgan fingerprint density at radius 2 is 1.80 bits per heavy atom. The number of aromatic nitrogens is 1. The van der Waals surface area contributed by atoms with Crippen molar-refractivity contribution >= 4 is 32.4 Å². The van der Waals surface area contributed by atoms with Crippen LogP contribution in [0, 0.1) is 13.8 Å². The first-order valence-electron chi connectivity index (χ1n) is 9.78. The van der Waals surface area contributed by atoms with Gasteiger partial charge in [0.15, 0.2) is 5.13 Å². The van der Waals surface area contributed by atoms with Crippen molar-refractivity contribution < 1.29 is 13.2 Å². The third kappa shape index (κ3) is 4.03. The largest absolute Gasteiger partial charge is 0.301 e. The van der Waals surface area contributed by atoms with Gasteiger partial charge in [-0.1, -0.05) is 59.4 Å². The Kier molecular flexibility index (Phi) is 5.73. The molecule has 30 heavy (non-hydrogen) atoms. The zero-order valence-corrected chi connectivity index (χ0v) is 18.5. The van der Waals surface area contributed by atoms with E-state index in [1.165, 1.54) is 15.6 Å². The quantitative estimate of drug-likeness (QED) is 0.643. The number of rotatable bonds is 5. The van der Waals surface area contributed by atoms with E-state index in [1.807, 2.05) is 44.2 Å². The fourth-order valence-electron chi connectivity index (χ4n) is 3.63. The molecule has 156 valence electrons. The second-order valence-electron chi connectivity index (χ2n) is 7.38. The lowest BCUT2D eigenvalue weighted by molar-refractivity contribution is -0.119. The maximum Gasteiger partial charge on any atom is 0.244 e. The molecule has 0 saturated carbocycles. The molecule has 2 aromatic carbocycles. The Bertz CT molecular complexity index is 1160. The lowest BCUT2D eigenvalue weighted by Crippen LogP contribution is -2.43. The van der Waals surface area contributed by atoms with Gasteiger partial charge >= 0.3 is 0 Å². The number of carbonyl (C=O) groups is 1. The molecule has 1 aliphatic rings.